The van der Waals surface area contributed by atoms with Crippen LogP contribution in [-0.2, 0) is 13.3 Å². The summed E-state index contributed by atoms with van der Waals surface area (Å²) in [6, 6.07) is 0.192. The Bertz CT molecular complexity index is 257. The second kappa shape index (κ2) is 10.6. The summed E-state index contributed by atoms with van der Waals surface area (Å²) in [5.74, 6) is 0. The van der Waals surface area contributed by atoms with Crippen LogP contribution < -0.4 is 5.73 Å². The molecule has 0 rings (SSSR count). The van der Waals surface area contributed by atoms with Gasteiger partial charge in [0.15, 0.2) is 0 Å². The fourth-order valence-electron chi connectivity index (χ4n) is 2.15. The van der Waals surface area contributed by atoms with Crippen LogP contribution in [-0.4, -0.2) is 68.8 Å². The van der Waals surface area contributed by atoms with Gasteiger partial charge in [-0.05, 0) is 33.6 Å². The first-order valence-electron chi connectivity index (χ1n) is 7.48. The molecule has 0 aromatic rings. The molecule has 0 heterocycles. The maximum absolute atomic E-state index is 9.87. The molecular weight excluding hydrogens is 294 g/mol. The molecule has 1 atom stereocenters. The van der Waals surface area contributed by atoms with E-state index in [1.807, 2.05) is 13.8 Å². The molecule has 0 saturated carbocycles. The third-order valence-electron chi connectivity index (χ3n) is 3.17. The van der Waals surface area contributed by atoms with Crippen LogP contribution in [0.1, 0.15) is 33.6 Å². The Labute approximate surface area is 128 Å². The van der Waals surface area contributed by atoms with Crippen LogP contribution in [0.4, 0.5) is 0 Å². The van der Waals surface area contributed by atoms with E-state index in [-0.39, 0.29) is 25.8 Å². The number of hydrogen-bond donors (Lipinski definition) is 4. The summed E-state index contributed by atoms with van der Waals surface area (Å²) < 4.78 is 17.6. The van der Waals surface area contributed by atoms with Crippen molar-refractivity contribution in [1.82, 2.24) is 0 Å². The van der Waals surface area contributed by atoms with Gasteiger partial charge < -0.3 is 34.3 Å². The van der Waals surface area contributed by atoms with Crippen molar-refractivity contribution in [2.24, 2.45) is 5.73 Å². The Balaban J connectivity index is 5.21. The van der Waals surface area contributed by atoms with Gasteiger partial charge in [0.05, 0.1) is 11.7 Å². The van der Waals surface area contributed by atoms with Crippen molar-refractivity contribution in [1.29, 1.82) is 0 Å². The first kappa shape index (κ1) is 20.9. The smallest absolute Gasteiger partial charge is 0.396 e. The molecule has 128 valence electrons. The van der Waals surface area contributed by atoms with E-state index in [4.69, 9.17) is 19.0 Å². The molecule has 0 fully saturated rings. The fraction of sp³-hybridized carbons (Fsp3) is 1.00. The number of aliphatic hydroxyl groups is 3. The highest BCUT2D eigenvalue weighted by atomic mass is 28.4. The van der Waals surface area contributed by atoms with Crippen molar-refractivity contribution in [3.63, 3.8) is 0 Å². The molecule has 21 heavy (non-hydrogen) atoms. The van der Waals surface area contributed by atoms with Crippen LogP contribution in [0, 0.1) is 0 Å². The summed E-state index contributed by atoms with van der Waals surface area (Å²) in [6.45, 7) is 6.18. The predicted octanol–water partition coefficient (Wildman–Crippen LogP) is -0.142. The molecule has 0 bridgehead atoms. The van der Waals surface area contributed by atoms with E-state index in [0.29, 0.717) is 26.1 Å². The molecule has 0 saturated heterocycles. The Hall–Kier alpha value is -0.0631. The molecule has 0 aliphatic carbocycles. The van der Waals surface area contributed by atoms with E-state index >= 15 is 0 Å². The van der Waals surface area contributed by atoms with Crippen molar-refractivity contribution < 1.29 is 28.6 Å². The molecule has 1 unspecified atom stereocenters. The third kappa shape index (κ3) is 7.66. The molecule has 0 radical (unpaired) electrons. The fourth-order valence-corrected chi connectivity index (χ4v) is 5.25. The Morgan fingerprint density at radius 3 is 1.90 bits per heavy atom. The van der Waals surface area contributed by atoms with Crippen molar-refractivity contribution >= 4 is 8.80 Å². The van der Waals surface area contributed by atoms with E-state index in [0.717, 1.165) is 0 Å². The minimum atomic E-state index is -3.14. The summed E-state index contributed by atoms with van der Waals surface area (Å²) in [5.41, 5.74) is 4.71. The van der Waals surface area contributed by atoms with Gasteiger partial charge >= 0.3 is 8.80 Å². The van der Waals surface area contributed by atoms with Gasteiger partial charge in [0.25, 0.3) is 0 Å². The average molecular weight is 325 g/mol. The van der Waals surface area contributed by atoms with Crippen LogP contribution >= 0.6 is 0 Å². The monoisotopic (exact) mass is 325 g/mol. The topological polar surface area (TPSA) is 114 Å². The second-order valence-corrected chi connectivity index (χ2v) is 7.70. The summed E-state index contributed by atoms with van der Waals surface area (Å²) in [4.78, 5) is 0. The Kier molecular flexibility index (Phi) is 10.6. The van der Waals surface area contributed by atoms with E-state index in [1.54, 1.807) is 6.92 Å². The van der Waals surface area contributed by atoms with Crippen LogP contribution in [0.5, 0.6) is 0 Å². The summed E-state index contributed by atoms with van der Waals surface area (Å²) in [6.07, 6.45) is -0.0789. The van der Waals surface area contributed by atoms with Crippen LogP contribution in [0.3, 0.4) is 0 Å². The lowest BCUT2D eigenvalue weighted by Crippen LogP contribution is -2.55. The van der Waals surface area contributed by atoms with Gasteiger partial charge in [0.2, 0.25) is 0 Å². The summed E-state index contributed by atoms with van der Waals surface area (Å²) in [7, 11) is -3.14. The first-order valence-corrected chi connectivity index (χ1v) is 9.42. The zero-order valence-electron chi connectivity index (χ0n) is 13.4. The number of hydrogen-bond acceptors (Lipinski definition) is 7. The quantitative estimate of drug-likeness (QED) is 0.348. The second-order valence-electron chi connectivity index (χ2n) is 5.14. The number of nitrogens with two attached hydrogens (primary N) is 1. The minimum absolute atomic E-state index is 0.0708. The standard InChI is InChI=1S/C13H31NO6Si/c1-4-18-21(19-5-2,11-12(17)10-14)20-13(3,6-8-15)7-9-16/h12,15-17H,4-11,14H2,1-3H3. The van der Waals surface area contributed by atoms with Crippen molar-refractivity contribution in [2.45, 2.75) is 51.4 Å². The molecule has 0 aliphatic heterocycles. The molecule has 0 spiro atoms. The lowest BCUT2D eigenvalue weighted by atomic mass is 9.99. The zero-order valence-corrected chi connectivity index (χ0v) is 14.4. The van der Waals surface area contributed by atoms with Gasteiger partial charge in [-0.25, -0.2) is 0 Å². The third-order valence-corrected chi connectivity index (χ3v) is 6.40. The molecule has 5 N–H and O–H groups in total. The SMILES string of the molecule is CCO[Si](CC(O)CN)(OCC)OC(C)(CCO)CCO. The van der Waals surface area contributed by atoms with Gasteiger partial charge in [-0.3, -0.25) is 0 Å². The van der Waals surface area contributed by atoms with Crippen LogP contribution in [0.25, 0.3) is 0 Å². The van der Waals surface area contributed by atoms with Gasteiger partial charge in [-0.15, -0.1) is 0 Å². The maximum atomic E-state index is 9.87. The molecular formula is C13H31NO6Si. The van der Waals surface area contributed by atoms with E-state index in [9.17, 15) is 15.3 Å². The van der Waals surface area contributed by atoms with Crippen molar-refractivity contribution in [2.75, 3.05) is 33.0 Å². The minimum Gasteiger partial charge on any atom is -0.396 e. The Morgan fingerprint density at radius 2 is 1.57 bits per heavy atom. The molecule has 0 amide bonds. The van der Waals surface area contributed by atoms with Crippen LogP contribution in [0.15, 0.2) is 0 Å². The molecule has 0 aromatic carbocycles. The predicted molar refractivity (Wildman–Crippen MR) is 81.8 cm³/mol. The van der Waals surface area contributed by atoms with Crippen LogP contribution in [0.2, 0.25) is 6.04 Å². The highest BCUT2D eigenvalue weighted by Crippen LogP contribution is 2.29. The highest BCUT2D eigenvalue weighted by molar-refractivity contribution is 6.61. The summed E-state index contributed by atoms with van der Waals surface area (Å²) in [5, 5.41) is 28.3. The number of rotatable bonds is 13. The number of aliphatic hydroxyl groups excluding tert-OH is 3. The van der Waals surface area contributed by atoms with E-state index in [1.165, 1.54) is 0 Å². The Morgan fingerprint density at radius 1 is 1.10 bits per heavy atom. The van der Waals surface area contributed by atoms with E-state index in [2.05, 4.69) is 0 Å². The molecule has 8 heteroatoms. The van der Waals surface area contributed by atoms with Gasteiger partial charge in [-0.2, -0.15) is 0 Å². The van der Waals surface area contributed by atoms with Crippen molar-refractivity contribution in [3.05, 3.63) is 0 Å². The normalized spacial score (nSPS) is 14.4. The van der Waals surface area contributed by atoms with Crippen molar-refractivity contribution in [3.8, 4) is 0 Å². The average Bonchev–Trinajstić information content (AvgIpc) is 2.39. The largest absolute Gasteiger partial charge is 0.504 e. The molecule has 7 nitrogen and oxygen atoms in total. The lowest BCUT2D eigenvalue weighted by molar-refractivity contribution is -0.0468. The molecule has 0 aromatic heterocycles. The van der Waals surface area contributed by atoms with Gasteiger partial charge in [0, 0.05) is 39.0 Å². The van der Waals surface area contributed by atoms with Gasteiger partial charge in [0.1, 0.15) is 0 Å². The maximum Gasteiger partial charge on any atom is 0.504 e. The lowest BCUT2D eigenvalue weighted by Gasteiger charge is -2.39. The first-order chi connectivity index (χ1) is 9.90. The highest BCUT2D eigenvalue weighted by Gasteiger charge is 2.47. The van der Waals surface area contributed by atoms with Gasteiger partial charge in [-0.1, -0.05) is 0 Å². The summed E-state index contributed by atoms with van der Waals surface area (Å²) >= 11 is 0. The van der Waals surface area contributed by atoms with E-state index < -0.39 is 20.5 Å². The molecule has 0 aliphatic rings. The zero-order chi connectivity index (χ0) is 16.4.